The van der Waals surface area contributed by atoms with E-state index in [0.717, 1.165) is 55.6 Å². The normalized spacial score (nSPS) is 19.8. The Morgan fingerprint density at radius 2 is 2.12 bits per heavy atom. The predicted octanol–water partition coefficient (Wildman–Crippen LogP) is 3.32. The molecule has 6 nitrogen and oxygen atoms in total. The summed E-state index contributed by atoms with van der Waals surface area (Å²) >= 11 is 0. The number of rotatable bonds is 6. The van der Waals surface area contributed by atoms with Crippen molar-refractivity contribution in [2.24, 2.45) is 4.99 Å². The highest BCUT2D eigenvalue weighted by Crippen LogP contribution is 2.23. The number of nitrogens with one attached hydrogen (secondary N) is 3. The summed E-state index contributed by atoms with van der Waals surface area (Å²) in [4.78, 5) is 12.4. The van der Waals surface area contributed by atoms with E-state index in [1.807, 2.05) is 24.4 Å². The van der Waals surface area contributed by atoms with E-state index in [1.54, 1.807) is 0 Å². The second-order valence-electron chi connectivity index (χ2n) is 6.56. The number of benzene rings is 1. The van der Waals surface area contributed by atoms with Crippen molar-refractivity contribution in [2.75, 3.05) is 19.7 Å². The molecule has 2 heterocycles. The lowest BCUT2D eigenvalue weighted by Crippen LogP contribution is -2.45. The number of aromatic nitrogens is 2. The molecule has 3 rings (SSSR count). The number of imidazole rings is 1. The van der Waals surface area contributed by atoms with Crippen LogP contribution in [-0.4, -0.2) is 41.2 Å². The van der Waals surface area contributed by atoms with Crippen molar-refractivity contribution in [1.82, 2.24) is 20.6 Å². The molecule has 3 N–H and O–H groups in total. The Labute approximate surface area is 172 Å². The first-order chi connectivity index (χ1) is 12.2. The Hall–Kier alpha value is -1.61. The van der Waals surface area contributed by atoms with Crippen LogP contribution < -0.4 is 10.6 Å². The molecule has 7 heteroatoms. The third kappa shape index (κ3) is 5.70. The Bertz CT molecular complexity index is 695. The van der Waals surface area contributed by atoms with Crippen molar-refractivity contribution < 1.29 is 4.74 Å². The number of hydrogen-bond acceptors (Lipinski definition) is 3. The van der Waals surface area contributed by atoms with Crippen molar-refractivity contribution in [3.8, 4) is 11.3 Å². The molecule has 0 bridgehead atoms. The molecule has 0 aliphatic carbocycles. The fourth-order valence-electron chi connectivity index (χ4n) is 2.95. The number of guanidine groups is 1. The number of halogens is 1. The van der Waals surface area contributed by atoms with E-state index >= 15 is 0 Å². The van der Waals surface area contributed by atoms with Gasteiger partial charge < -0.3 is 20.4 Å². The summed E-state index contributed by atoms with van der Waals surface area (Å²) in [6, 6.07) is 10.2. The maximum Gasteiger partial charge on any atom is 0.191 e. The molecule has 0 radical (unpaired) electrons. The highest BCUT2D eigenvalue weighted by Gasteiger charge is 2.29. The van der Waals surface area contributed by atoms with Gasteiger partial charge in [0.1, 0.15) is 12.4 Å². The highest BCUT2D eigenvalue weighted by atomic mass is 127. The maximum atomic E-state index is 5.82. The molecule has 1 saturated heterocycles. The smallest absolute Gasteiger partial charge is 0.191 e. The number of aromatic amines is 1. The van der Waals surface area contributed by atoms with Crippen molar-refractivity contribution in [1.29, 1.82) is 0 Å². The van der Waals surface area contributed by atoms with Gasteiger partial charge in [-0.2, -0.15) is 0 Å². The topological polar surface area (TPSA) is 74.3 Å². The summed E-state index contributed by atoms with van der Waals surface area (Å²) in [5, 5.41) is 6.66. The van der Waals surface area contributed by atoms with Crippen molar-refractivity contribution >= 4 is 29.9 Å². The second kappa shape index (κ2) is 9.91. The predicted molar refractivity (Wildman–Crippen MR) is 116 cm³/mol. The molecular formula is C19H28IN5O. The van der Waals surface area contributed by atoms with Crippen LogP contribution in [0.1, 0.15) is 32.5 Å². The molecule has 1 aliphatic heterocycles. The van der Waals surface area contributed by atoms with Gasteiger partial charge in [0.2, 0.25) is 0 Å². The molecule has 0 amide bonds. The van der Waals surface area contributed by atoms with E-state index < -0.39 is 0 Å². The summed E-state index contributed by atoms with van der Waals surface area (Å²) in [6.07, 6.45) is 4.06. The van der Waals surface area contributed by atoms with Crippen molar-refractivity contribution in [3.63, 3.8) is 0 Å². The van der Waals surface area contributed by atoms with Gasteiger partial charge >= 0.3 is 0 Å². The molecule has 0 saturated carbocycles. The average Bonchev–Trinajstić information content (AvgIpc) is 3.28. The molecule has 1 unspecified atom stereocenters. The number of aliphatic imine (C=N–C) groups is 1. The fourth-order valence-corrected chi connectivity index (χ4v) is 2.95. The van der Waals surface area contributed by atoms with Gasteiger partial charge in [0.25, 0.3) is 0 Å². The highest BCUT2D eigenvalue weighted by molar-refractivity contribution is 14.0. The first kappa shape index (κ1) is 20.7. The zero-order valence-electron chi connectivity index (χ0n) is 15.4. The molecule has 1 aliphatic rings. The summed E-state index contributed by atoms with van der Waals surface area (Å²) in [5.41, 5.74) is 2.04. The van der Waals surface area contributed by atoms with E-state index in [-0.39, 0.29) is 29.6 Å². The zero-order valence-corrected chi connectivity index (χ0v) is 17.7. The number of hydrogen-bond donors (Lipinski definition) is 3. The van der Waals surface area contributed by atoms with Crippen LogP contribution in [0.15, 0.2) is 41.5 Å². The monoisotopic (exact) mass is 469 g/mol. The van der Waals surface area contributed by atoms with E-state index in [4.69, 9.17) is 4.74 Å². The quantitative estimate of drug-likeness (QED) is 0.345. The molecular weight excluding hydrogens is 441 g/mol. The van der Waals surface area contributed by atoms with Crippen LogP contribution in [0.5, 0.6) is 0 Å². The Morgan fingerprint density at radius 3 is 2.81 bits per heavy atom. The van der Waals surface area contributed by atoms with Crippen molar-refractivity contribution in [2.45, 2.75) is 38.8 Å². The number of H-pyrrole nitrogens is 1. The molecule has 26 heavy (non-hydrogen) atoms. The lowest BCUT2D eigenvalue weighted by Gasteiger charge is -2.24. The third-order valence-electron chi connectivity index (χ3n) is 4.37. The van der Waals surface area contributed by atoms with Crippen LogP contribution in [-0.2, 0) is 11.3 Å². The molecule has 1 aromatic carbocycles. The first-order valence-corrected chi connectivity index (χ1v) is 8.94. The van der Waals surface area contributed by atoms with Crippen molar-refractivity contribution in [3.05, 3.63) is 42.4 Å². The van der Waals surface area contributed by atoms with Crippen LogP contribution in [0.4, 0.5) is 0 Å². The number of ether oxygens (including phenoxy) is 1. The minimum absolute atomic E-state index is 0. The van der Waals surface area contributed by atoms with Gasteiger partial charge in [0.05, 0.1) is 17.5 Å². The van der Waals surface area contributed by atoms with Gasteiger partial charge in [0, 0.05) is 19.7 Å². The molecule has 0 spiro atoms. The van der Waals surface area contributed by atoms with E-state index in [9.17, 15) is 0 Å². The van der Waals surface area contributed by atoms with Gasteiger partial charge in [-0.25, -0.2) is 9.98 Å². The van der Waals surface area contributed by atoms with Gasteiger partial charge in [-0.15, -0.1) is 24.0 Å². The van der Waals surface area contributed by atoms with Crippen LogP contribution in [0.3, 0.4) is 0 Å². The standard InChI is InChI=1S/C19H27N5O.HI/c1-3-20-18(23-14-19(2)10-7-11-25-19)22-13-17-21-12-16(24-17)15-8-5-4-6-9-15;/h4-6,8-9,12H,3,7,10-11,13-14H2,1-2H3,(H,21,24)(H2,20,22,23);1H. The molecule has 142 valence electrons. The Morgan fingerprint density at radius 1 is 1.31 bits per heavy atom. The second-order valence-corrected chi connectivity index (χ2v) is 6.56. The summed E-state index contributed by atoms with van der Waals surface area (Å²) in [6.45, 7) is 7.13. The van der Waals surface area contributed by atoms with Gasteiger partial charge in [0.15, 0.2) is 5.96 Å². The first-order valence-electron chi connectivity index (χ1n) is 8.94. The van der Waals surface area contributed by atoms with Crippen LogP contribution in [0.2, 0.25) is 0 Å². The maximum absolute atomic E-state index is 5.82. The lowest BCUT2D eigenvalue weighted by molar-refractivity contribution is 0.0243. The van der Waals surface area contributed by atoms with E-state index in [0.29, 0.717) is 6.54 Å². The Balaban J connectivity index is 0.00000243. The average molecular weight is 469 g/mol. The van der Waals surface area contributed by atoms with Gasteiger partial charge in [-0.3, -0.25) is 0 Å². The van der Waals surface area contributed by atoms with E-state index in [2.05, 4.69) is 51.6 Å². The summed E-state index contributed by atoms with van der Waals surface area (Å²) in [5.74, 6) is 1.64. The summed E-state index contributed by atoms with van der Waals surface area (Å²) in [7, 11) is 0. The largest absolute Gasteiger partial charge is 0.373 e. The van der Waals surface area contributed by atoms with Crippen LogP contribution in [0.25, 0.3) is 11.3 Å². The molecule has 1 aromatic heterocycles. The number of nitrogens with zero attached hydrogens (tertiary/aromatic N) is 2. The van der Waals surface area contributed by atoms with Crippen LogP contribution >= 0.6 is 24.0 Å². The minimum atomic E-state index is -0.0959. The molecule has 1 fully saturated rings. The van der Waals surface area contributed by atoms with E-state index in [1.165, 1.54) is 0 Å². The van der Waals surface area contributed by atoms with Gasteiger partial charge in [-0.1, -0.05) is 30.3 Å². The SMILES string of the molecule is CCNC(=NCc1ncc(-c2ccccc2)[nH]1)NCC1(C)CCCO1.I. The Kier molecular flexibility index (Phi) is 7.89. The van der Waals surface area contributed by atoms with Crippen LogP contribution in [0, 0.1) is 0 Å². The zero-order chi connectivity index (χ0) is 17.5. The molecule has 1 atom stereocenters. The third-order valence-corrected chi connectivity index (χ3v) is 4.37. The molecule has 2 aromatic rings. The summed E-state index contributed by atoms with van der Waals surface area (Å²) < 4.78 is 5.82. The van der Waals surface area contributed by atoms with Gasteiger partial charge in [-0.05, 0) is 32.3 Å². The lowest BCUT2D eigenvalue weighted by atomic mass is 10.0. The minimum Gasteiger partial charge on any atom is -0.373 e. The fraction of sp³-hybridized carbons (Fsp3) is 0.474.